The van der Waals surface area contributed by atoms with E-state index >= 15 is 0 Å². The number of piperidine rings is 1. The van der Waals surface area contributed by atoms with Crippen LogP contribution < -0.4 is 15.4 Å². The van der Waals surface area contributed by atoms with Gasteiger partial charge in [0.15, 0.2) is 0 Å². The summed E-state index contributed by atoms with van der Waals surface area (Å²) in [6.07, 6.45) is 1.38. The molecule has 0 aromatic heterocycles. The second-order valence-electron chi connectivity index (χ2n) is 8.35. The molecule has 0 bridgehead atoms. The third kappa shape index (κ3) is 7.64. The SMILES string of the molecule is CC(=O)Nc1ccc(C)cc1OCC(O)CNC1CCN(Cc2ccc(Cl)c(Cl)c2)CC1. The number of halogens is 2. The summed E-state index contributed by atoms with van der Waals surface area (Å²) < 4.78 is 5.79. The molecule has 3 N–H and O–H groups in total. The fraction of sp³-hybridized carbons (Fsp3) is 0.458. The van der Waals surface area contributed by atoms with Crippen LogP contribution in [0, 0.1) is 6.92 Å². The fourth-order valence-corrected chi connectivity index (χ4v) is 4.10. The van der Waals surface area contributed by atoms with E-state index in [1.807, 2.05) is 43.3 Å². The van der Waals surface area contributed by atoms with Crippen LogP contribution in [-0.4, -0.2) is 54.3 Å². The van der Waals surface area contributed by atoms with Crippen molar-refractivity contribution in [3.63, 3.8) is 0 Å². The lowest BCUT2D eigenvalue weighted by Crippen LogP contribution is -2.45. The van der Waals surface area contributed by atoms with Crippen LogP contribution in [-0.2, 0) is 11.3 Å². The molecule has 1 heterocycles. The summed E-state index contributed by atoms with van der Waals surface area (Å²) in [5.74, 6) is 0.404. The first-order chi connectivity index (χ1) is 15.3. The number of nitrogens with one attached hydrogen (secondary N) is 2. The van der Waals surface area contributed by atoms with Crippen LogP contribution in [0.5, 0.6) is 5.75 Å². The van der Waals surface area contributed by atoms with E-state index in [4.69, 9.17) is 27.9 Å². The Balaban J connectivity index is 1.39. The second-order valence-corrected chi connectivity index (χ2v) is 9.17. The van der Waals surface area contributed by atoms with E-state index in [2.05, 4.69) is 15.5 Å². The highest BCUT2D eigenvalue weighted by molar-refractivity contribution is 6.42. The van der Waals surface area contributed by atoms with Gasteiger partial charge in [0.05, 0.1) is 15.7 Å². The van der Waals surface area contributed by atoms with Gasteiger partial charge in [0.1, 0.15) is 18.5 Å². The number of anilines is 1. The normalized spacial score (nSPS) is 16.0. The van der Waals surface area contributed by atoms with Gasteiger partial charge in [0.25, 0.3) is 0 Å². The Morgan fingerprint density at radius 2 is 1.94 bits per heavy atom. The minimum Gasteiger partial charge on any atom is -0.489 e. The van der Waals surface area contributed by atoms with Crippen molar-refractivity contribution in [3.8, 4) is 5.75 Å². The van der Waals surface area contributed by atoms with Gasteiger partial charge in [0, 0.05) is 26.1 Å². The molecule has 1 amide bonds. The van der Waals surface area contributed by atoms with E-state index in [0.717, 1.165) is 43.6 Å². The Morgan fingerprint density at radius 3 is 2.62 bits per heavy atom. The zero-order valence-corrected chi connectivity index (χ0v) is 20.0. The predicted octanol–water partition coefficient (Wildman–Crippen LogP) is 4.25. The largest absolute Gasteiger partial charge is 0.489 e. The van der Waals surface area contributed by atoms with Crippen molar-refractivity contribution in [2.75, 3.05) is 31.6 Å². The topological polar surface area (TPSA) is 73.8 Å². The maximum Gasteiger partial charge on any atom is 0.221 e. The van der Waals surface area contributed by atoms with Crippen LogP contribution in [0.4, 0.5) is 5.69 Å². The lowest BCUT2D eigenvalue weighted by atomic mass is 10.0. The molecule has 3 rings (SSSR count). The molecule has 0 radical (unpaired) electrons. The van der Waals surface area contributed by atoms with E-state index in [0.29, 0.717) is 34.1 Å². The van der Waals surface area contributed by atoms with Crippen molar-refractivity contribution >= 4 is 34.8 Å². The number of aryl methyl sites for hydroxylation is 1. The molecule has 1 fully saturated rings. The van der Waals surface area contributed by atoms with Gasteiger partial charge in [-0.1, -0.05) is 35.3 Å². The number of aliphatic hydroxyl groups excluding tert-OH is 1. The minimum absolute atomic E-state index is 0.152. The number of hydrogen-bond acceptors (Lipinski definition) is 5. The summed E-state index contributed by atoms with van der Waals surface area (Å²) in [5, 5.41) is 17.7. The number of aliphatic hydroxyl groups is 1. The van der Waals surface area contributed by atoms with E-state index in [-0.39, 0.29) is 12.5 Å². The predicted molar refractivity (Wildman–Crippen MR) is 130 cm³/mol. The molecule has 0 spiro atoms. The number of carbonyl (C=O) groups excluding carboxylic acids is 1. The van der Waals surface area contributed by atoms with Gasteiger partial charge in [-0.15, -0.1) is 0 Å². The Hall–Kier alpha value is -1.83. The Labute approximate surface area is 199 Å². The first kappa shape index (κ1) is 24.8. The third-order valence-corrected chi connectivity index (χ3v) is 6.24. The smallest absolute Gasteiger partial charge is 0.221 e. The maximum atomic E-state index is 11.4. The Kier molecular flexibility index (Phi) is 9.20. The molecule has 1 aliphatic rings. The lowest BCUT2D eigenvalue weighted by molar-refractivity contribution is -0.114. The van der Waals surface area contributed by atoms with E-state index < -0.39 is 6.10 Å². The van der Waals surface area contributed by atoms with Crippen LogP contribution in [0.2, 0.25) is 10.0 Å². The molecule has 8 heteroatoms. The summed E-state index contributed by atoms with van der Waals surface area (Å²) in [5.41, 5.74) is 2.79. The van der Waals surface area contributed by atoms with Gasteiger partial charge in [-0.3, -0.25) is 9.69 Å². The molecule has 0 saturated carbocycles. The van der Waals surface area contributed by atoms with Crippen molar-refractivity contribution in [1.82, 2.24) is 10.2 Å². The van der Waals surface area contributed by atoms with E-state index in [1.165, 1.54) is 6.92 Å². The molecule has 6 nitrogen and oxygen atoms in total. The molecule has 1 saturated heterocycles. The zero-order valence-electron chi connectivity index (χ0n) is 18.5. The standard InChI is InChI=1S/C24H31Cl2N3O3/c1-16-3-6-23(28-17(2)30)24(11-16)32-15-20(31)13-27-19-7-9-29(10-8-19)14-18-4-5-21(25)22(26)12-18/h3-6,11-12,19-20,27,31H,7-10,13-15H2,1-2H3,(H,28,30). The van der Waals surface area contributed by atoms with Crippen LogP contribution in [0.15, 0.2) is 36.4 Å². The highest BCUT2D eigenvalue weighted by Gasteiger charge is 2.20. The van der Waals surface area contributed by atoms with Gasteiger partial charge >= 0.3 is 0 Å². The van der Waals surface area contributed by atoms with Gasteiger partial charge in [-0.2, -0.15) is 0 Å². The quantitative estimate of drug-likeness (QED) is 0.501. The minimum atomic E-state index is -0.644. The number of ether oxygens (including phenoxy) is 1. The molecule has 2 aromatic carbocycles. The van der Waals surface area contributed by atoms with Gasteiger partial charge in [0.2, 0.25) is 5.91 Å². The first-order valence-corrected chi connectivity index (χ1v) is 11.6. The highest BCUT2D eigenvalue weighted by atomic mass is 35.5. The number of amides is 1. The molecule has 2 aromatic rings. The second kappa shape index (κ2) is 11.9. The summed E-state index contributed by atoms with van der Waals surface area (Å²) in [6, 6.07) is 11.7. The highest BCUT2D eigenvalue weighted by Crippen LogP contribution is 2.26. The Morgan fingerprint density at radius 1 is 1.19 bits per heavy atom. The number of hydrogen-bond donors (Lipinski definition) is 3. The molecule has 174 valence electrons. The molecule has 1 atom stereocenters. The number of nitrogens with zero attached hydrogens (tertiary/aromatic N) is 1. The monoisotopic (exact) mass is 479 g/mol. The van der Waals surface area contributed by atoms with Crippen molar-refractivity contribution in [2.45, 2.75) is 45.4 Å². The molecule has 32 heavy (non-hydrogen) atoms. The lowest BCUT2D eigenvalue weighted by Gasteiger charge is -2.33. The number of carbonyl (C=O) groups is 1. The molecule has 0 aliphatic carbocycles. The molecular formula is C24H31Cl2N3O3. The average molecular weight is 480 g/mol. The summed E-state index contributed by atoms with van der Waals surface area (Å²) >= 11 is 12.1. The van der Waals surface area contributed by atoms with Crippen LogP contribution in [0.25, 0.3) is 0 Å². The van der Waals surface area contributed by atoms with Gasteiger partial charge < -0.3 is 20.5 Å². The first-order valence-electron chi connectivity index (χ1n) is 10.9. The summed E-state index contributed by atoms with van der Waals surface area (Å²) in [4.78, 5) is 13.8. The van der Waals surface area contributed by atoms with Gasteiger partial charge in [-0.05, 0) is 68.2 Å². The van der Waals surface area contributed by atoms with E-state index in [1.54, 1.807) is 0 Å². The fourth-order valence-electron chi connectivity index (χ4n) is 3.78. The third-order valence-electron chi connectivity index (χ3n) is 5.50. The Bertz CT molecular complexity index is 917. The zero-order chi connectivity index (χ0) is 23.1. The molecule has 1 unspecified atom stereocenters. The van der Waals surface area contributed by atoms with Crippen LogP contribution in [0.1, 0.15) is 30.9 Å². The van der Waals surface area contributed by atoms with Crippen molar-refractivity contribution in [1.29, 1.82) is 0 Å². The summed E-state index contributed by atoms with van der Waals surface area (Å²) in [6.45, 7) is 6.83. The van der Waals surface area contributed by atoms with Crippen molar-refractivity contribution in [3.05, 3.63) is 57.6 Å². The van der Waals surface area contributed by atoms with Crippen molar-refractivity contribution in [2.24, 2.45) is 0 Å². The molecular weight excluding hydrogens is 449 g/mol. The van der Waals surface area contributed by atoms with E-state index in [9.17, 15) is 9.90 Å². The average Bonchev–Trinajstić information content (AvgIpc) is 2.75. The molecule has 1 aliphatic heterocycles. The van der Waals surface area contributed by atoms with Gasteiger partial charge in [-0.25, -0.2) is 0 Å². The summed E-state index contributed by atoms with van der Waals surface area (Å²) in [7, 11) is 0. The van der Waals surface area contributed by atoms with Crippen LogP contribution >= 0.6 is 23.2 Å². The number of likely N-dealkylation sites (tertiary alicyclic amines) is 1. The maximum absolute atomic E-state index is 11.4. The number of benzene rings is 2. The van der Waals surface area contributed by atoms with Crippen molar-refractivity contribution < 1.29 is 14.6 Å². The number of rotatable bonds is 9. The van der Waals surface area contributed by atoms with Crippen LogP contribution in [0.3, 0.4) is 0 Å².